The molecule has 0 aliphatic carbocycles. The Labute approximate surface area is 176 Å². The summed E-state index contributed by atoms with van der Waals surface area (Å²) in [5, 5.41) is 9.07. The maximum Gasteiger partial charge on any atom is 0.312 e. The van der Waals surface area contributed by atoms with Gasteiger partial charge in [0, 0.05) is 23.2 Å². The number of para-hydroxylation sites is 1. The summed E-state index contributed by atoms with van der Waals surface area (Å²) in [6.45, 7) is 1.94. The van der Waals surface area contributed by atoms with Gasteiger partial charge in [0.15, 0.2) is 0 Å². The molecule has 0 bridgehead atoms. The Morgan fingerprint density at radius 2 is 1.93 bits per heavy atom. The maximum atomic E-state index is 13.4. The van der Waals surface area contributed by atoms with E-state index in [-0.39, 0.29) is 5.91 Å². The Bertz CT molecular complexity index is 1340. The monoisotopic (exact) mass is 412 g/mol. The fourth-order valence-corrected chi connectivity index (χ4v) is 4.08. The highest BCUT2D eigenvalue weighted by Crippen LogP contribution is 2.28. The second-order valence-corrected chi connectivity index (χ2v) is 7.80. The molecule has 7 heteroatoms. The molecule has 0 atom stereocenters. The number of pyridine rings is 2. The molecular formula is C23H18N5OS+. The van der Waals surface area contributed by atoms with Gasteiger partial charge in [0.25, 0.3) is 11.6 Å². The van der Waals surface area contributed by atoms with Gasteiger partial charge in [0.1, 0.15) is 6.20 Å². The van der Waals surface area contributed by atoms with Gasteiger partial charge < -0.3 is 0 Å². The average molecular weight is 412 g/mol. The van der Waals surface area contributed by atoms with Gasteiger partial charge in [0.2, 0.25) is 0 Å². The minimum absolute atomic E-state index is 0.199. The van der Waals surface area contributed by atoms with Gasteiger partial charge in [-0.3, -0.25) is 4.79 Å². The van der Waals surface area contributed by atoms with Gasteiger partial charge in [0.05, 0.1) is 21.7 Å². The summed E-state index contributed by atoms with van der Waals surface area (Å²) >= 11 is 1.60. The number of aromatic nitrogens is 4. The van der Waals surface area contributed by atoms with Crippen LogP contribution < -0.4 is 10.00 Å². The van der Waals surface area contributed by atoms with E-state index in [9.17, 15) is 4.79 Å². The molecule has 5 rings (SSSR count). The second kappa shape index (κ2) is 7.53. The number of fused-ring (bicyclic) bond motifs is 1. The quantitative estimate of drug-likeness (QED) is 0.426. The van der Waals surface area contributed by atoms with Crippen molar-refractivity contribution in [3.63, 3.8) is 0 Å². The average Bonchev–Trinajstić information content (AvgIpc) is 3.43. The molecule has 5 aromatic rings. The van der Waals surface area contributed by atoms with Gasteiger partial charge in [-0.2, -0.15) is 0 Å². The van der Waals surface area contributed by atoms with Crippen molar-refractivity contribution in [3.8, 4) is 16.4 Å². The van der Waals surface area contributed by atoms with Crippen LogP contribution in [0, 0.1) is 6.92 Å². The molecule has 1 aromatic carbocycles. The first-order chi connectivity index (χ1) is 14.7. The molecule has 2 N–H and O–H groups in total. The Kier molecular flexibility index (Phi) is 4.57. The van der Waals surface area contributed by atoms with E-state index >= 15 is 0 Å². The van der Waals surface area contributed by atoms with Crippen molar-refractivity contribution in [1.82, 2.24) is 15.1 Å². The minimum atomic E-state index is -0.199. The van der Waals surface area contributed by atoms with E-state index in [0.717, 1.165) is 27.2 Å². The number of amides is 1. The van der Waals surface area contributed by atoms with Crippen molar-refractivity contribution in [2.24, 2.45) is 0 Å². The Morgan fingerprint density at radius 3 is 2.73 bits per heavy atom. The van der Waals surface area contributed by atoms with Crippen LogP contribution in [0.4, 0.5) is 5.82 Å². The number of H-pyrrole nitrogens is 1. The number of benzene rings is 1. The van der Waals surface area contributed by atoms with Gasteiger partial charge in [-0.1, -0.05) is 30.3 Å². The van der Waals surface area contributed by atoms with Crippen LogP contribution in [-0.4, -0.2) is 21.0 Å². The topological polar surface area (TPSA) is 74.6 Å². The van der Waals surface area contributed by atoms with Crippen LogP contribution in [-0.2, 0) is 0 Å². The fourth-order valence-electron chi connectivity index (χ4n) is 3.39. The smallest absolute Gasteiger partial charge is 0.250 e. The molecule has 6 nitrogen and oxygen atoms in total. The third kappa shape index (κ3) is 3.35. The van der Waals surface area contributed by atoms with Gasteiger partial charge in [-0.25, -0.2) is 15.4 Å². The number of aromatic amines is 1. The first-order valence-electron chi connectivity index (χ1n) is 9.47. The molecular weight excluding hydrogens is 394 g/mol. The second-order valence-electron chi connectivity index (χ2n) is 6.85. The zero-order chi connectivity index (χ0) is 20.5. The minimum Gasteiger partial charge on any atom is -0.250 e. The molecule has 0 unspecified atom stereocenters. The maximum absolute atomic E-state index is 13.4. The summed E-state index contributed by atoms with van der Waals surface area (Å²) in [7, 11) is 0. The Balaban J connectivity index is 1.58. The summed E-state index contributed by atoms with van der Waals surface area (Å²) in [5.41, 5.74) is 3.07. The fraction of sp³-hybridized carbons (Fsp3) is 0.0435. The summed E-state index contributed by atoms with van der Waals surface area (Å²) in [5.74, 6) is 1.12. The van der Waals surface area contributed by atoms with Crippen molar-refractivity contribution in [1.29, 1.82) is 0 Å². The van der Waals surface area contributed by atoms with Crippen LogP contribution in [0.25, 0.3) is 27.3 Å². The van der Waals surface area contributed by atoms with E-state index in [1.165, 1.54) is 0 Å². The molecule has 0 spiro atoms. The normalized spacial score (nSPS) is 11.0. The SMILES string of the molecule is Cc1cc(NC(=O)c2cc(-c3cccs3)nc3ccccc23)[n+](-c2ccccn2)[nH]1. The lowest BCUT2D eigenvalue weighted by Crippen LogP contribution is -2.38. The summed E-state index contributed by atoms with van der Waals surface area (Å²) in [6.07, 6.45) is 1.72. The predicted molar refractivity (Wildman–Crippen MR) is 118 cm³/mol. The summed E-state index contributed by atoms with van der Waals surface area (Å²) < 4.78 is 1.76. The van der Waals surface area contributed by atoms with E-state index in [0.29, 0.717) is 17.2 Å². The summed E-state index contributed by atoms with van der Waals surface area (Å²) in [6, 6.07) is 21.1. The number of hydrogen-bond donors (Lipinski definition) is 2. The molecule has 146 valence electrons. The molecule has 0 fully saturated rings. The molecule has 0 aliphatic rings. The van der Waals surface area contributed by atoms with Crippen LogP contribution in [0.2, 0.25) is 0 Å². The number of anilines is 1. The first kappa shape index (κ1) is 18.2. The van der Waals surface area contributed by atoms with E-state index < -0.39 is 0 Å². The molecule has 4 heterocycles. The highest BCUT2D eigenvalue weighted by atomic mass is 32.1. The number of carbonyl (C=O) groups excluding carboxylic acids is 1. The Morgan fingerprint density at radius 1 is 1.07 bits per heavy atom. The zero-order valence-corrected chi connectivity index (χ0v) is 17.0. The third-order valence-corrected chi connectivity index (χ3v) is 5.63. The number of aryl methyl sites for hydroxylation is 1. The molecule has 0 radical (unpaired) electrons. The molecule has 0 saturated heterocycles. The number of thiophene rings is 1. The van der Waals surface area contributed by atoms with Crippen LogP contribution in [0.5, 0.6) is 0 Å². The standard InChI is InChI=1S/C23H17N5OS/c1-15-13-22(28(27-15)21-10-4-5-11-24-21)26-23(29)17-14-19(20-9-6-12-30-20)25-18-8-3-2-7-16(17)18/h2-14H,1H3,(H,26,27,29)/p+1. The predicted octanol–water partition coefficient (Wildman–Crippen LogP) is 4.52. The highest BCUT2D eigenvalue weighted by Gasteiger charge is 2.21. The zero-order valence-electron chi connectivity index (χ0n) is 16.2. The van der Waals surface area contributed by atoms with Gasteiger partial charge >= 0.3 is 5.91 Å². The third-order valence-electron chi connectivity index (χ3n) is 4.74. The first-order valence-corrected chi connectivity index (χ1v) is 10.3. The Hall–Kier alpha value is -3.84. The van der Waals surface area contributed by atoms with E-state index in [1.54, 1.807) is 22.2 Å². The summed E-state index contributed by atoms with van der Waals surface area (Å²) in [4.78, 5) is 23.5. The van der Waals surface area contributed by atoms with Crippen molar-refractivity contribution in [2.75, 3.05) is 5.32 Å². The molecule has 1 amide bonds. The lowest BCUT2D eigenvalue weighted by atomic mass is 10.1. The highest BCUT2D eigenvalue weighted by molar-refractivity contribution is 7.13. The van der Waals surface area contributed by atoms with Crippen molar-refractivity contribution in [2.45, 2.75) is 6.92 Å². The van der Waals surface area contributed by atoms with Gasteiger partial charge in [-0.05, 0) is 36.6 Å². The molecule has 0 aliphatic heterocycles. The van der Waals surface area contributed by atoms with Crippen molar-refractivity contribution in [3.05, 3.63) is 89.6 Å². The molecule has 30 heavy (non-hydrogen) atoms. The van der Waals surface area contributed by atoms with Crippen molar-refractivity contribution < 1.29 is 9.48 Å². The van der Waals surface area contributed by atoms with Gasteiger partial charge in [-0.15, -0.1) is 21.0 Å². The largest absolute Gasteiger partial charge is 0.312 e. The van der Waals surface area contributed by atoms with E-state index in [1.807, 2.05) is 79.0 Å². The van der Waals surface area contributed by atoms with E-state index in [2.05, 4.69) is 15.4 Å². The lowest BCUT2D eigenvalue weighted by Gasteiger charge is -2.08. The van der Waals surface area contributed by atoms with Crippen LogP contribution in [0.1, 0.15) is 16.1 Å². The number of rotatable bonds is 4. The van der Waals surface area contributed by atoms with Crippen LogP contribution in [0.3, 0.4) is 0 Å². The van der Waals surface area contributed by atoms with Crippen molar-refractivity contribution >= 4 is 34.0 Å². The number of hydrogen-bond acceptors (Lipinski definition) is 4. The number of carbonyl (C=O) groups is 1. The van der Waals surface area contributed by atoms with Crippen LogP contribution in [0.15, 0.2) is 78.3 Å². The van der Waals surface area contributed by atoms with Crippen LogP contribution >= 0.6 is 11.3 Å². The molecule has 0 saturated carbocycles. The number of nitrogens with one attached hydrogen (secondary N) is 2. The lowest BCUT2D eigenvalue weighted by molar-refractivity contribution is -0.645. The van der Waals surface area contributed by atoms with E-state index in [4.69, 9.17) is 4.98 Å². The number of nitrogens with zero attached hydrogens (tertiary/aromatic N) is 3. The molecule has 4 aromatic heterocycles.